The number of rotatable bonds is 7. The third-order valence-electron chi connectivity index (χ3n) is 2.43. The van der Waals surface area contributed by atoms with Gasteiger partial charge in [-0.25, -0.2) is 4.79 Å². The molecule has 0 unspecified atom stereocenters. The van der Waals surface area contributed by atoms with Gasteiger partial charge < -0.3 is 15.4 Å². The molecule has 0 atom stereocenters. The number of hydrogen-bond donors (Lipinski definition) is 2. The van der Waals surface area contributed by atoms with E-state index >= 15 is 0 Å². The molecule has 1 rings (SSSR count). The Morgan fingerprint density at radius 2 is 2.16 bits per heavy atom. The van der Waals surface area contributed by atoms with E-state index in [9.17, 15) is 9.59 Å². The number of ether oxygens (including phenoxy) is 1. The van der Waals surface area contributed by atoms with E-state index in [-0.39, 0.29) is 5.91 Å². The van der Waals surface area contributed by atoms with Gasteiger partial charge in [-0.2, -0.15) is 0 Å². The molecule has 1 heterocycles. The first kappa shape index (κ1) is 15.7. The van der Waals surface area contributed by atoms with E-state index in [1.54, 1.807) is 13.0 Å². The van der Waals surface area contributed by atoms with E-state index in [0.29, 0.717) is 23.6 Å². The molecular formula is C13H20N2O3S. The number of anilines is 1. The second-order valence-corrected chi connectivity index (χ2v) is 5.33. The van der Waals surface area contributed by atoms with Crippen molar-refractivity contribution in [2.24, 2.45) is 0 Å². The van der Waals surface area contributed by atoms with Gasteiger partial charge in [-0.3, -0.25) is 4.79 Å². The molecule has 1 aromatic rings. The highest BCUT2D eigenvalue weighted by atomic mass is 32.1. The molecule has 5 nitrogen and oxygen atoms in total. The summed E-state index contributed by atoms with van der Waals surface area (Å²) in [5.41, 5.74) is 0.436. The van der Waals surface area contributed by atoms with Gasteiger partial charge in [0.25, 0.3) is 0 Å². The first-order valence-electron chi connectivity index (χ1n) is 6.30. The first-order chi connectivity index (χ1) is 9.08. The molecule has 0 bridgehead atoms. The molecule has 0 aliphatic heterocycles. The smallest absolute Gasteiger partial charge is 0.341 e. The molecule has 0 radical (unpaired) electrons. The zero-order valence-electron chi connectivity index (χ0n) is 11.5. The lowest BCUT2D eigenvalue weighted by molar-refractivity contribution is -0.116. The Balaban J connectivity index is 2.67. The van der Waals surface area contributed by atoms with Crippen LogP contribution in [0.3, 0.4) is 0 Å². The number of thiophene rings is 1. The van der Waals surface area contributed by atoms with Crippen LogP contribution in [-0.2, 0) is 9.53 Å². The fraction of sp³-hybridized carbons (Fsp3) is 0.538. The maximum absolute atomic E-state index is 11.7. The Hall–Kier alpha value is -1.40. The average Bonchev–Trinajstić information content (AvgIpc) is 2.71. The van der Waals surface area contributed by atoms with E-state index in [4.69, 9.17) is 4.74 Å². The Morgan fingerprint density at radius 1 is 1.42 bits per heavy atom. The number of aryl methyl sites for hydroxylation is 1. The summed E-state index contributed by atoms with van der Waals surface area (Å²) in [7, 11) is 1.85. The summed E-state index contributed by atoms with van der Waals surface area (Å²) in [5.74, 6) is -0.472. The van der Waals surface area contributed by atoms with Crippen molar-refractivity contribution in [3.05, 3.63) is 16.5 Å². The van der Waals surface area contributed by atoms with Crippen LogP contribution in [0.4, 0.5) is 5.00 Å². The number of nitrogens with one attached hydrogen (secondary N) is 2. The highest BCUT2D eigenvalue weighted by Gasteiger charge is 2.17. The van der Waals surface area contributed by atoms with Crippen molar-refractivity contribution in [2.45, 2.75) is 26.7 Å². The minimum Gasteiger partial charge on any atom is -0.462 e. The number of esters is 1. The highest BCUT2D eigenvalue weighted by molar-refractivity contribution is 7.16. The predicted molar refractivity (Wildman–Crippen MR) is 76.8 cm³/mol. The van der Waals surface area contributed by atoms with Gasteiger partial charge >= 0.3 is 5.97 Å². The standard InChI is InChI=1S/C13H20N2O3S/c1-4-18-13(17)10-8-9(2)19-12(10)15-11(16)6-5-7-14-3/h8,14H,4-7H2,1-3H3,(H,15,16). The van der Waals surface area contributed by atoms with Gasteiger partial charge in [0.15, 0.2) is 0 Å². The van der Waals surface area contributed by atoms with Crippen LogP contribution in [0.5, 0.6) is 0 Å². The lowest BCUT2D eigenvalue weighted by Gasteiger charge is -2.06. The summed E-state index contributed by atoms with van der Waals surface area (Å²) in [6.45, 7) is 4.77. The zero-order valence-corrected chi connectivity index (χ0v) is 12.4. The molecule has 0 saturated carbocycles. The van der Waals surface area contributed by atoms with Crippen LogP contribution < -0.4 is 10.6 Å². The second kappa shape index (κ2) is 7.91. The van der Waals surface area contributed by atoms with Crippen LogP contribution in [0.25, 0.3) is 0 Å². The molecule has 19 heavy (non-hydrogen) atoms. The number of carbonyl (C=O) groups excluding carboxylic acids is 2. The topological polar surface area (TPSA) is 67.4 Å². The van der Waals surface area contributed by atoms with Crippen LogP contribution in [0.1, 0.15) is 35.0 Å². The molecule has 0 aliphatic carbocycles. The summed E-state index contributed by atoms with van der Waals surface area (Å²) in [6, 6.07) is 1.74. The van der Waals surface area contributed by atoms with Crippen LogP contribution in [0, 0.1) is 6.92 Å². The summed E-state index contributed by atoms with van der Waals surface area (Å²) >= 11 is 1.39. The van der Waals surface area contributed by atoms with Gasteiger partial charge in [0.05, 0.1) is 12.2 Å². The molecule has 6 heteroatoms. The van der Waals surface area contributed by atoms with E-state index in [0.717, 1.165) is 17.8 Å². The molecule has 0 aromatic carbocycles. The zero-order chi connectivity index (χ0) is 14.3. The summed E-state index contributed by atoms with van der Waals surface area (Å²) in [6.07, 6.45) is 1.20. The van der Waals surface area contributed by atoms with Crippen LogP contribution in [0.15, 0.2) is 6.07 Å². The van der Waals surface area contributed by atoms with Crippen molar-refractivity contribution < 1.29 is 14.3 Å². The number of amides is 1. The van der Waals surface area contributed by atoms with Crippen molar-refractivity contribution >= 4 is 28.2 Å². The van der Waals surface area contributed by atoms with Crippen molar-refractivity contribution in [3.8, 4) is 0 Å². The minimum absolute atomic E-state index is 0.0809. The quantitative estimate of drug-likeness (QED) is 0.595. The van der Waals surface area contributed by atoms with Crippen LogP contribution >= 0.6 is 11.3 Å². The highest BCUT2D eigenvalue weighted by Crippen LogP contribution is 2.28. The van der Waals surface area contributed by atoms with Gasteiger partial charge in [0.1, 0.15) is 5.00 Å². The SMILES string of the molecule is CCOC(=O)c1cc(C)sc1NC(=O)CCCNC. The Morgan fingerprint density at radius 3 is 2.79 bits per heavy atom. The molecule has 2 N–H and O–H groups in total. The third kappa shape index (κ3) is 5.00. The Bertz CT molecular complexity index is 443. The second-order valence-electron chi connectivity index (χ2n) is 4.08. The monoisotopic (exact) mass is 284 g/mol. The number of carbonyl (C=O) groups is 2. The molecule has 0 aliphatic rings. The van der Waals surface area contributed by atoms with Gasteiger partial charge in [0.2, 0.25) is 5.91 Å². The van der Waals surface area contributed by atoms with E-state index in [1.165, 1.54) is 11.3 Å². The first-order valence-corrected chi connectivity index (χ1v) is 7.12. The van der Waals surface area contributed by atoms with Crippen molar-refractivity contribution in [1.29, 1.82) is 0 Å². The predicted octanol–water partition coefficient (Wildman–Crippen LogP) is 2.17. The normalized spacial score (nSPS) is 10.3. The van der Waals surface area contributed by atoms with E-state index < -0.39 is 5.97 Å². The minimum atomic E-state index is -0.391. The largest absolute Gasteiger partial charge is 0.462 e. The Labute approximate surface area is 117 Å². The fourth-order valence-electron chi connectivity index (χ4n) is 1.58. The maximum atomic E-state index is 11.7. The molecule has 0 saturated heterocycles. The lowest BCUT2D eigenvalue weighted by atomic mass is 10.2. The summed E-state index contributed by atoms with van der Waals surface area (Å²) in [4.78, 5) is 24.5. The third-order valence-corrected chi connectivity index (χ3v) is 3.40. The van der Waals surface area contributed by atoms with Crippen LogP contribution in [0.2, 0.25) is 0 Å². The fourth-order valence-corrected chi connectivity index (χ4v) is 2.50. The molecule has 106 valence electrons. The Kier molecular flexibility index (Phi) is 6.52. The molecule has 0 spiro atoms. The maximum Gasteiger partial charge on any atom is 0.341 e. The van der Waals surface area contributed by atoms with Gasteiger partial charge in [-0.15, -0.1) is 11.3 Å². The molecule has 1 amide bonds. The van der Waals surface area contributed by atoms with Gasteiger partial charge in [-0.1, -0.05) is 0 Å². The van der Waals surface area contributed by atoms with Crippen molar-refractivity contribution in [2.75, 3.05) is 25.5 Å². The van der Waals surface area contributed by atoms with Crippen LogP contribution in [-0.4, -0.2) is 32.1 Å². The summed E-state index contributed by atoms with van der Waals surface area (Å²) in [5, 5.41) is 6.34. The molecule has 1 aromatic heterocycles. The van der Waals surface area contributed by atoms with Crippen molar-refractivity contribution in [3.63, 3.8) is 0 Å². The van der Waals surface area contributed by atoms with Gasteiger partial charge in [-0.05, 0) is 39.9 Å². The molecular weight excluding hydrogens is 264 g/mol. The summed E-state index contributed by atoms with van der Waals surface area (Å²) < 4.78 is 4.97. The number of hydrogen-bond acceptors (Lipinski definition) is 5. The van der Waals surface area contributed by atoms with Gasteiger partial charge in [0, 0.05) is 11.3 Å². The van der Waals surface area contributed by atoms with Crippen molar-refractivity contribution in [1.82, 2.24) is 5.32 Å². The van der Waals surface area contributed by atoms with E-state index in [1.807, 2.05) is 14.0 Å². The average molecular weight is 284 g/mol. The van der Waals surface area contributed by atoms with E-state index in [2.05, 4.69) is 10.6 Å². The molecule has 0 fully saturated rings. The lowest BCUT2D eigenvalue weighted by Crippen LogP contribution is -2.16.